The first-order valence-electron chi connectivity index (χ1n) is 12.9. The first-order chi connectivity index (χ1) is 19.6. The molecule has 4 aromatic rings. The van der Waals surface area contributed by atoms with E-state index in [1.165, 1.54) is 48.1 Å². The minimum absolute atomic E-state index is 0.0145. The highest BCUT2D eigenvalue weighted by atomic mass is 19.1. The third-order valence-corrected chi connectivity index (χ3v) is 6.77. The van der Waals surface area contributed by atoms with Crippen LogP contribution in [0.4, 0.5) is 10.1 Å². The van der Waals surface area contributed by atoms with Crippen LogP contribution in [-0.4, -0.2) is 47.3 Å². The van der Waals surface area contributed by atoms with Crippen LogP contribution < -0.4 is 21.5 Å². The molecule has 2 heterocycles. The number of carbonyl (C=O) groups excluding carboxylic acids is 3. The number of rotatable bonds is 9. The van der Waals surface area contributed by atoms with Crippen molar-refractivity contribution in [3.8, 4) is 11.3 Å². The van der Waals surface area contributed by atoms with Crippen LogP contribution in [0.2, 0.25) is 0 Å². The summed E-state index contributed by atoms with van der Waals surface area (Å²) in [4.78, 5) is 56.0. The van der Waals surface area contributed by atoms with Crippen molar-refractivity contribution < 1.29 is 18.8 Å². The molecule has 2 aromatic heterocycles. The number of carbonyl (C=O) groups is 3. The van der Waals surface area contributed by atoms with E-state index >= 15 is 0 Å². The molecule has 210 valence electrons. The Morgan fingerprint density at radius 2 is 1.63 bits per heavy atom. The van der Waals surface area contributed by atoms with Gasteiger partial charge in [0.15, 0.2) is 5.78 Å². The third kappa shape index (κ3) is 6.44. The molecule has 0 radical (unpaired) electrons. The maximum Gasteiger partial charge on any atom is 0.275 e. The van der Waals surface area contributed by atoms with Crippen molar-refractivity contribution in [1.29, 1.82) is 0 Å². The second-order valence-electron chi connectivity index (χ2n) is 9.55. The molecule has 1 atom stereocenters. The summed E-state index contributed by atoms with van der Waals surface area (Å²) in [5.74, 6) is -1.45. The highest BCUT2D eigenvalue weighted by molar-refractivity contribution is 6.08. The van der Waals surface area contributed by atoms with Crippen molar-refractivity contribution in [3.05, 3.63) is 117 Å². The van der Waals surface area contributed by atoms with Gasteiger partial charge in [0.05, 0.1) is 18.3 Å². The third-order valence-electron chi connectivity index (χ3n) is 6.77. The molecule has 9 nitrogen and oxygen atoms in total. The minimum Gasteiger partial charge on any atom is -0.355 e. The Bertz CT molecular complexity index is 1680. The molecule has 1 unspecified atom stereocenters. The maximum atomic E-state index is 13.8. The highest BCUT2D eigenvalue weighted by Crippen LogP contribution is 2.26. The van der Waals surface area contributed by atoms with Gasteiger partial charge in [-0.25, -0.2) is 4.39 Å². The molecule has 0 saturated carbocycles. The highest BCUT2D eigenvalue weighted by Gasteiger charge is 2.19. The molecule has 0 saturated heterocycles. The van der Waals surface area contributed by atoms with Gasteiger partial charge in [0.25, 0.3) is 11.5 Å². The van der Waals surface area contributed by atoms with Crippen molar-refractivity contribution in [2.45, 2.75) is 26.4 Å². The first-order valence-corrected chi connectivity index (χ1v) is 12.9. The van der Waals surface area contributed by atoms with Gasteiger partial charge in [-0.15, -0.1) is 0 Å². The van der Waals surface area contributed by atoms with E-state index in [4.69, 9.17) is 0 Å². The summed E-state index contributed by atoms with van der Waals surface area (Å²) in [6.07, 6.45) is 2.95. The van der Waals surface area contributed by atoms with E-state index in [9.17, 15) is 23.6 Å². The van der Waals surface area contributed by atoms with E-state index in [2.05, 4.69) is 20.9 Å². The van der Waals surface area contributed by atoms with Crippen LogP contribution in [0.3, 0.4) is 0 Å². The number of aromatic nitrogens is 2. The molecule has 2 aromatic carbocycles. The molecule has 10 heteroatoms. The predicted molar refractivity (Wildman–Crippen MR) is 155 cm³/mol. The van der Waals surface area contributed by atoms with Crippen molar-refractivity contribution >= 4 is 23.3 Å². The first kappa shape index (κ1) is 29.0. The molecule has 0 bridgehead atoms. The average Bonchev–Trinajstić information content (AvgIpc) is 2.99. The number of benzene rings is 2. The van der Waals surface area contributed by atoms with E-state index in [0.29, 0.717) is 27.9 Å². The molecule has 41 heavy (non-hydrogen) atoms. The standard InChI is InChI=1S/C31H30FN5O4/c1-18-5-6-22(30(40)34-4)14-25(18)27-12-11-26(36-29(39)19(2)33-3)31(41)37(27)17-20-13-23(16-35-15-20)28(38)21-7-9-24(32)10-8-21/h5-16,19,33H,17H2,1-4H3,(H,34,40)(H,36,39). The lowest BCUT2D eigenvalue weighted by Crippen LogP contribution is -2.37. The van der Waals surface area contributed by atoms with Crippen molar-refractivity contribution in [2.24, 2.45) is 0 Å². The fraction of sp³-hybridized carbons (Fsp3) is 0.194. The molecular weight excluding hydrogens is 525 g/mol. The number of hydrogen-bond acceptors (Lipinski definition) is 6. The number of anilines is 1. The van der Waals surface area contributed by atoms with E-state index in [1.807, 2.05) is 6.92 Å². The molecule has 0 aliphatic rings. The molecule has 0 aliphatic carbocycles. The summed E-state index contributed by atoms with van der Waals surface area (Å²) in [6, 6.07) is 14.7. The number of nitrogens with zero attached hydrogens (tertiary/aromatic N) is 2. The van der Waals surface area contributed by atoms with Crippen molar-refractivity contribution in [2.75, 3.05) is 19.4 Å². The molecule has 0 spiro atoms. The quantitative estimate of drug-likeness (QED) is 0.272. The second kappa shape index (κ2) is 12.5. The topological polar surface area (TPSA) is 122 Å². The van der Waals surface area contributed by atoms with Gasteiger partial charge in [-0.2, -0.15) is 0 Å². The van der Waals surface area contributed by atoms with E-state index in [0.717, 1.165) is 5.56 Å². The summed E-state index contributed by atoms with van der Waals surface area (Å²) in [5.41, 5.74) is 3.12. The molecule has 0 fully saturated rings. The van der Waals surface area contributed by atoms with Gasteiger partial charge >= 0.3 is 0 Å². The lowest BCUT2D eigenvalue weighted by molar-refractivity contribution is -0.117. The number of halogens is 1. The van der Waals surface area contributed by atoms with Gasteiger partial charge in [0, 0.05) is 41.7 Å². The van der Waals surface area contributed by atoms with E-state index in [-0.39, 0.29) is 35.4 Å². The Hall–Kier alpha value is -4.96. The van der Waals surface area contributed by atoms with Gasteiger partial charge in [-0.05, 0) is 86.6 Å². The number of ketones is 1. The molecular formula is C31H30FN5O4. The fourth-order valence-electron chi connectivity index (χ4n) is 4.27. The second-order valence-corrected chi connectivity index (χ2v) is 9.55. The molecule has 0 aliphatic heterocycles. The van der Waals surface area contributed by atoms with Crippen LogP contribution in [0.1, 0.15) is 44.3 Å². The largest absolute Gasteiger partial charge is 0.355 e. The van der Waals surface area contributed by atoms with E-state index in [1.54, 1.807) is 50.5 Å². The van der Waals surface area contributed by atoms with Gasteiger partial charge in [0.2, 0.25) is 5.91 Å². The Balaban J connectivity index is 1.81. The van der Waals surface area contributed by atoms with Gasteiger partial charge in [-0.1, -0.05) is 6.07 Å². The molecule has 4 rings (SSSR count). The van der Waals surface area contributed by atoms with Crippen molar-refractivity contribution in [1.82, 2.24) is 20.2 Å². The minimum atomic E-state index is -0.535. The summed E-state index contributed by atoms with van der Waals surface area (Å²) < 4.78 is 14.8. The smallest absolute Gasteiger partial charge is 0.275 e. The zero-order chi connectivity index (χ0) is 29.7. The number of nitrogens with one attached hydrogen (secondary N) is 3. The zero-order valence-electron chi connectivity index (χ0n) is 23.1. The van der Waals surface area contributed by atoms with E-state index < -0.39 is 17.4 Å². The lowest BCUT2D eigenvalue weighted by atomic mass is 10.00. The Kier molecular flexibility index (Phi) is 8.84. The number of likely N-dealkylation sites (N-methyl/N-ethyl adjacent to an activating group) is 1. The normalized spacial score (nSPS) is 11.5. The van der Waals surface area contributed by atoms with Crippen LogP contribution in [0.25, 0.3) is 11.3 Å². The SMILES string of the molecule is CNC(=O)c1ccc(C)c(-c2ccc(NC(=O)C(C)NC)c(=O)n2Cc2cncc(C(=O)c3ccc(F)cc3)c2)c1. The van der Waals surface area contributed by atoms with Crippen LogP contribution in [0.5, 0.6) is 0 Å². The van der Waals surface area contributed by atoms with Crippen LogP contribution in [0, 0.1) is 12.7 Å². The lowest BCUT2D eigenvalue weighted by Gasteiger charge is -2.18. The summed E-state index contributed by atoms with van der Waals surface area (Å²) >= 11 is 0. The Labute approximate surface area is 236 Å². The fourth-order valence-corrected chi connectivity index (χ4v) is 4.27. The predicted octanol–water partition coefficient (Wildman–Crippen LogP) is 3.54. The van der Waals surface area contributed by atoms with Gasteiger partial charge in [0.1, 0.15) is 11.5 Å². The van der Waals surface area contributed by atoms with Crippen molar-refractivity contribution in [3.63, 3.8) is 0 Å². The Morgan fingerprint density at radius 3 is 2.32 bits per heavy atom. The van der Waals surface area contributed by atoms with Crippen LogP contribution in [-0.2, 0) is 11.3 Å². The maximum absolute atomic E-state index is 13.8. The monoisotopic (exact) mass is 555 g/mol. The number of amides is 2. The number of aryl methyl sites for hydroxylation is 1. The number of pyridine rings is 2. The van der Waals surface area contributed by atoms with Crippen LogP contribution >= 0.6 is 0 Å². The van der Waals surface area contributed by atoms with Crippen LogP contribution in [0.15, 0.2) is 77.9 Å². The summed E-state index contributed by atoms with van der Waals surface area (Å²) in [7, 11) is 3.18. The van der Waals surface area contributed by atoms with Gasteiger partial charge < -0.3 is 20.5 Å². The Morgan fingerprint density at radius 1 is 0.927 bits per heavy atom. The summed E-state index contributed by atoms with van der Waals surface area (Å²) in [5, 5.41) is 8.12. The zero-order valence-corrected chi connectivity index (χ0v) is 23.1. The number of hydrogen-bond donors (Lipinski definition) is 3. The summed E-state index contributed by atoms with van der Waals surface area (Å²) in [6.45, 7) is 3.55. The van der Waals surface area contributed by atoms with Gasteiger partial charge in [-0.3, -0.25) is 24.2 Å². The average molecular weight is 556 g/mol. The molecule has 2 amide bonds. The molecule has 3 N–H and O–H groups in total.